The summed E-state index contributed by atoms with van der Waals surface area (Å²) < 4.78 is 2.01. The zero-order valence-electron chi connectivity index (χ0n) is 13.6. The van der Waals surface area contributed by atoms with E-state index in [9.17, 15) is 9.90 Å². The average Bonchev–Trinajstić information content (AvgIpc) is 2.93. The summed E-state index contributed by atoms with van der Waals surface area (Å²) in [5.74, 6) is -0.138. The van der Waals surface area contributed by atoms with E-state index in [-0.39, 0.29) is 12.3 Å². The van der Waals surface area contributed by atoms with Crippen LogP contribution in [-0.2, 0) is 17.8 Å². The first-order chi connectivity index (χ1) is 11.2. The van der Waals surface area contributed by atoms with Crippen LogP contribution >= 0.6 is 0 Å². The first kappa shape index (κ1) is 16.0. The highest BCUT2D eigenvalue weighted by Gasteiger charge is 2.33. The maximum absolute atomic E-state index is 11.3. The quantitative estimate of drug-likeness (QED) is 0.897. The summed E-state index contributed by atoms with van der Waals surface area (Å²) in [5, 5.41) is 23.0. The summed E-state index contributed by atoms with van der Waals surface area (Å²) in [4.78, 5) is 11.3. The molecule has 23 heavy (non-hydrogen) atoms. The molecule has 0 radical (unpaired) electrons. The van der Waals surface area contributed by atoms with Crippen molar-refractivity contribution in [2.24, 2.45) is 0 Å². The van der Waals surface area contributed by atoms with Crippen molar-refractivity contribution in [1.82, 2.24) is 9.78 Å². The molecule has 1 unspecified atom stereocenters. The van der Waals surface area contributed by atoms with E-state index in [1.165, 1.54) is 43.4 Å². The van der Waals surface area contributed by atoms with Gasteiger partial charge in [-0.05, 0) is 38.0 Å². The molecule has 5 heteroatoms. The fourth-order valence-electron chi connectivity index (χ4n) is 4.33. The topological polar surface area (TPSA) is 78.9 Å². The summed E-state index contributed by atoms with van der Waals surface area (Å²) >= 11 is 0. The van der Waals surface area contributed by atoms with Gasteiger partial charge in [-0.2, -0.15) is 10.4 Å². The van der Waals surface area contributed by atoms with E-state index in [0.29, 0.717) is 18.9 Å². The second-order valence-corrected chi connectivity index (χ2v) is 6.90. The Morgan fingerprint density at radius 2 is 2.04 bits per heavy atom. The SMILES string of the molecule is N#CCCn1nc(C2CCCCC2)c2c1CCCC2CC(=O)O. The number of hydrogen-bond donors (Lipinski definition) is 1. The lowest BCUT2D eigenvalue weighted by Gasteiger charge is -2.26. The number of carbonyl (C=O) groups is 1. The lowest BCUT2D eigenvalue weighted by molar-refractivity contribution is -0.137. The summed E-state index contributed by atoms with van der Waals surface area (Å²) in [6.45, 7) is 0.630. The van der Waals surface area contributed by atoms with Crippen LogP contribution in [0.5, 0.6) is 0 Å². The molecule has 0 aromatic carbocycles. The minimum absolute atomic E-state index is 0.101. The molecule has 0 amide bonds. The first-order valence-electron chi connectivity index (χ1n) is 8.89. The van der Waals surface area contributed by atoms with Crippen molar-refractivity contribution in [1.29, 1.82) is 5.26 Å². The van der Waals surface area contributed by atoms with Gasteiger partial charge in [0.15, 0.2) is 0 Å². The maximum Gasteiger partial charge on any atom is 0.303 e. The van der Waals surface area contributed by atoms with Gasteiger partial charge in [0.25, 0.3) is 0 Å². The number of carboxylic acid groups (broad SMARTS) is 1. The molecule has 1 aromatic heterocycles. The van der Waals surface area contributed by atoms with Gasteiger partial charge in [0.2, 0.25) is 0 Å². The molecule has 0 saturated heterocycles. The lowest BCUT2D eigenvalue weighted by atomic mass is 9.78. The van der Waals surface area contributed by atoms with Crippen LogP contribution in [0.25, 0.3) is 0 Å². The molecular formula is C18H25N3O2. The number of carboxylic acids is 1. The third-order valence-electron chi connectivity index (χ3n) is 5.35. The normalized spacial score (nSPS) is 21.6. The summed E-state index contributed by atoms with van der Waals surface area (Å²) in [7, 11) is 0. The van der Waals surface area contributed by atoms with Gasteiger partial charge in [-0.1, -0.05) is 19.3 Å². The number of aromatic nitrogens is 2. The molecule has 1 N–H and O–H groups in total. The Hall–Kier alpha value is -1.83. The molecule has 2 aliphatic rings. The number of hydrogen-bond acceptors (Lipinski definition) is 3. The van der Waals surface area contributed by atoms with Crippen LogP contribution in [0.3, 0.4) is 0 Å². The summed E-state index contributed by atoms with van der Waals surface area (Å²) in [6, 6.07) is 2.20. The monoisotopic (exact) mass is 315 g/mol. The van der Waals surface area contributed by atoms with Gasteiger partial charge in [0, 0.05) is 17.2 Å². The van der Waals surface area contributed by atoms with Crippen LogP contribution in [0.4, 0.5) is 0 Å². The zero-order chi connectivity index (χ0) is 16.2. The van der Waals surface area contributed by atoms with Crippen molar-refractivity contribution < 1.29 is 9.90 Å². The van der Waals surface area contributed by atoms with E-state index in [0.717, 1.165) is 25.0 Å². The molecule has 0 spiro atoms. The largest absolute Gasteiger partial charge is 0.481 e. The van der Waals surface area contributed by atoms with Crippen LogP contribution in [0.1, 0.15) is 86.6 Å². The van der Waals surface area contributed by atoms with Gasteiger partial charge in [0.05, 0.1) is 31.1 Å². The zero-order valence-corrected chi connectivity index (χ0v) is 13.6. The van der Waals surface area contributed by atoms with Gasteiger partial charge in [0.1, 0.15) is 0 Å². The Morgan fingerprint density at radius 3 is 2.74 bits per heavy atom. The Labute approximate surface area is 137 Å². The highest BCUT2D eigenvalue weighted by Crippen LogP contribution is 2.42. The Balaban J connectivity index is 1.98. The molecule has 1 aromatic rings. The van der Waals surface area contributed by atoms with Crippen LogP contribution in [0.15, 0.2) is 0 Å². The third kappa shape index (κ3) is 3.41. The molecule has 5 nitrogen and oxygen atoms in total. The number of fused-ring (bicyclic) bond motifs is 1. The van der Waals surface area contributed by atoms with Crippen LogP contribution in [0.2, 0.25) is 0 Å². The second kappa shape index (κ2) is 7.16. The van der Waals surface area contributed by atoms with Crippen molar-refractivity contribution in [3.8, 4) is 6.07 Å². The fraction of sp³-hybridized carbons (Fsp3) is 0.722. The van der Waals surface area contributed by atoms with E-state index in [2.05, 4.69) is 6.07 Å². The molecule has 1 fully saturated rings. The first-order valence-corrected chi connectivity index (χ1v) is 8.89. The average molecular weight is 315 g/mol. The molecule has 1 atom stereocenters. The van der Waals surface area contributed by atoms with E-state index in [1.54, 1.807) is 0 Å². The van der Waals surface area contributed by atoms with Crippen LogP contribution in [0, 0.1) is 11.3 Å². The van der Waals surface area contributed by atoms with Gasteiger partial charge in [-0.3, -0.25) is 9.48 Å². The number of nitrogens with zero attached hydrogens (tertiary/aromatic N) is 3. The van der Waals surface area contributed by atoms with Crippen molar-refractivity contribution >= 4 is 5.97 Å². The number of nitriles is 1. The van der Waals surface area contributed by atoms with Crippen LogP contribution in [-0.4, -0.2) is 20.9 Å². The van der Waals surface area contributed by atoms with Crippen LogP contribution < -0.4 is 0 Å². The van der Waals surface area contributed by atoms with Gasteiger partial charge >= 0.3 is 5.97 Å². The summed E-state index contributed by atoms with van der Waals surface area (Å²) in [6.07, 6.45) is 9.73. The van der Waals surface area contributed by atoms with Crippen molar-refractivity contribution in [3.63, 3.8) is 0 Å². The van der Waals surface area contributed by atoms with Gasteiger partial charge < -0.3 is 5.11 Å². The molecule has 1 heterocycles. The maximum atomic E-state index is 11.3. The molecule has 3 rings (SSSR count). The molecule has 2 aliphatic carbocycles. The minimum atomic E-state index is -0.720. The predicted molar refractivity (Wildman–Crippen MR) is 86.2 cm³/mol. The van der Waals surface area contributed by atoms with E-state index >= 15 is 0 Å². The minimum Gasteiger partial charge on any atom is -0.481 e. The Kier molecular flexibility index (Phi) is 5.00. The molecule has 124 valence electrons. The van der Waals surface area contributed by atoms with Crippen molar-refractivity contribution in [3.05, 3.63) is 17.0 Å². The van der Waals surface area contributed by atoms with E-state index in [1.807, 2.05) is 4.68 Å². The fourth-order valence-corrected chi connectivity index (χ4v) is 4.33. The molecule has 1 saturated carbocycles. The predicted octanol–water partition coefficient (Wildman–Crippen LogP) is 3.74. The summed E-state index contributed by atoms with van der Waals surface area (Å²) in [5.41, 5.74) is 3.59. The van der Waals surface area contributed by atoms with Gasteiger partial charge in [-0.25, -0.2) is 0 Å². The standard InChI is InChI=1S/C18H25N3O2/c19-10-5-11-21-15-9-4-8-14(12-16(22)23)17(15)18(20-21)13-6-2-1-3-7-13/h13-14H,1-9,11-12H2,(H,22,23). The highest BCUT2D eigenvalue weighted by molar-refractivity contribution is 5.68. The molecule has 0 aliphatic heterocycles. The third-order valence-corrected chi connectivity index (χ3v) is 5.35. The molecule has 0 bridgehead atoms. The smallest absolute Gasteiger partial charge is 0.303 e. The lowest BCUT2D eigenvalue weighted by Crippen LogP contribution is -2.17. The van der Waals surface area contributed by atoms with E-state index < -0.39 is 5.97 Å². The Bertz CT molecular complexity index is 609. The van der Waals surface area contributed by atoms with Crippen molar-refractivity contribution in [2.75, 3.05) is 0 Å². The Morgan fingerprint density at radius 1 is 1.26 bits per heavy atom. The van der Waals surface area contributed by atoms with Crippen molar-refractivity contribution in [2.45, 2.75) is 82.6 Å². The number of aryl methyl sites for hydroxylation is 1. The van der Waals surface area contributed by atoms with Gasteiger partial charge in [-0.15, -0.1) is 0 Å². The molecular weight excluding hydrogens is 290 g/mol. The number of rotatable bonds is 5. The number of aliphatic carboxylic acids is 1. The second-order valence-electron chi connectivity index (χ2n) is 6.90. The van der Waals surface area contributed by atoms with E-state index in [4.69, 9.17) is 10.4 Å². The highest BCUT2D eigenvalue weighted by atomic mass is 16.4.